The number of aromatic nitrogens is 1. The zero-order valence-electron chi connectivity index (χ0n) is 14.6. The summed E-state index contributed by atoms with van der Waals surface area (Å²) in [5.74, 6) is 0.582. The average Bonchev–Trinajstić information content (AvgIpc) is 3.13. The normalized spacial score (nSPS) is 18.0. The Labute approximate surface area is 163 Å². The number of benzene rings is 2. The zero-order chi connectivity index (χ0) is 18.9. The number of hydrogen-bond acceptors (Lipinski definition) is 4. The molecule has 4 rings (SSSR count). The van der Waals surface area contributed by atoms with Gasteiger partial charge in [-0.15, -0.1) is 0 Å². The maximum absolute atomic E-state index is 12.8. The number of pyridine rings is 1. The van der Waals surface area contributed by atoms with E-state index in [1.807, 2.05) is 30.3 Å². The largest absolute Gasteiger partial charge is 0.487 e. The number of para-hydroxylation sites is 1. The van der Waals surface area contributed by atoms with Gasteiger partial charge in [-0.1, -0.05) is 48.0 Å². The van der Waals surface area contributed by atoms with Gasteiger partial charge in [0.2, 0.25) is 10.0 Å². The van der Waals surface area contributed by atoms with Crippen LogP contribution in [0.2, 0.25) is 5.02 Å². The zero-order valence-corrected chi connectivity index (χ0v) is 16.2. The number of nitrogens with zero attached hydrogens (tertiary/aromatic N) is 2. The second kappa shape index (κ2) is 7.46. The lowest BCUT2D eigenvalue weighted by Crippen LogP contribution is -2.32. The number of ether oxygens (including phenoxy) is 1. The number of hydrogen-bond donors (Lipinski definition) is 0. The molecule has 3 aromatic rings. The average molecular weight is 403 g/mol. The van der Waals surface area contributed by atoms with Crippen LogP contribution in [0.5, 0.6) is 5.75 Å². The molecule has 1 saturated heterocycles. The molecule has 0 amide bonds. The van der Waals surface area contributed by atoms with Crippen LogP contribution in [0.4, 0.5) is 0 Å². The number of sulfonamides is 1. The molecule has 1 aliphatic rings. The van der Waals surface area contributed by atoms with Crippen molar-refractivity contribution in [2.24, 2.45) is 0 Å². The second-order valence-electron chi connectivity index (χ2n) is 6.57. The Morgan fingerprint density at radius 2 is 1.93 bits per heavy atom. The van der Waals surface area contributed by atoms with E-state index in [-0.39, 0.29) is 11.9 Å². The van der Waals surface area contributed by atoms with Gasteiger partial charge >= 0.3 is 0 Å². The summed E-state index contributed by atoms with van der Waals surface area (Å²) in [5.41, 5.74) is 1.40. The van der Waals surface area contributed by atoms with Gasteiger partial charge in [-0.2, -0.15) is 4.31 Å². The summed E-state index contributed by atoms with van der Waals surface area (Å²) >= 11 is 6.11. The Bertz CT molecular complexity index is 1070. The molecule has 5 nitrogen and oxygen atoms in total. The van der Waals surface area contributed by atoms with Crippen LogP contribution in [0.1, 0.15) is 12.0 Å². The van der Waals surface area contributed by atoms with Crippen molar-refractivity contribution >= 4 is 32.5 Å². The fourth-order valence-corrected chi connectivity index (χ4v) is 5.19. The van der Waals surface area contributed by atoms with Crippen molar-refractivity contribution in [3.05, 3.63) is 71.4 Å². The highest BCUT2D eigenvalue weighted by molar-refractivity contribution is 7.88. The minimum absolute atomic E-state index is 0.102. The van der Waals surface area contributed by atoms with Crippen LogP contribution in [-0.2, 0) is 15.8 Å². The van der Waals surface area contributed by atoms with E-state index in [1.54, 1.807) is 30.5 Å². The minimum atomic E-state index is -3.45. The van der Waals surface area contributed by atoms with Crippen LogP contribution in [-0.4, -0.2) is 36.9 Å². The maximum atomic E-state index is 12.8. The Morgan fingerprint density at radius 1 is 1.11 bits per heavy atom. The van der Waals surface area contributed by atoms with E-state index in [0.717, 1.165) is 10.9 Å². The quantitative estimate of drug-likeness (QED) is 0.650. The van der Waals surface area contributed by atoms with Gasteiger partial charge in [0, 0.05) is 23.2 Å². The van der Waals surface area contributed by atoms with E-state index in [4.69, 9.17) is 16.3 Å². The Morgan fingerprint density at radius 3 is 2.78 bits per heavy atom. The van der Waals surface area contributed by atoms with Crippen LogP contribution in [0.3, 0.4) is 0 Å². The summed E-state index contributed by atoms with van der Waals surface area (Å²) in [6.45, 7) is 0.769. The molecule has 1 unspecified atom stereocenters. The van der Waals surface area contributed by atoms with Crippen molar-refractivity contribution in [2.45, 2.75) is 18.3 Å². The van der Waals surface area contributed by atoms with Crippen molar-refractivity contribution < 1.29 is 13.2 Å². The van der Waals surface area contributed by atoms with E-state index < -0.39 is 10.0 Å². The highest BCUT2D eigenvalue weighted by Gasteiger charge is 2.33. The third-order valence-corrected chi connectivity index (χ3v) is 6.85. The van der Waals surface area contributed by atoms with Gasteiger partial charge < -0.3 is 4.74 Å². The van der Waals surface area contributed by atoms with Gasteiger partial charge in [0.25, 0.3) is 0 Å². The molecule has 2 aromatic carbocycles. The molecule has 1 fully saturated rings. The molecule has 2 heterocycles. The highest BCUT2D eigenvalue weighted by atomic mass is 35.5. The van der Waals surface area contributed by atoms with Crippen molar-refractivity contribution in [3.8, 4) is 5.75 Å². The fraction of sp³-hybridized carbons (Fsp3) is 0.250. The van der Waals surface area contributed by atoms with E-state index >= 15 is 0 Å². The van der Waals surface area contributed by atoms with Gasteiger partial charge in [-0.3, -0.25) is 4.98 Å². The van der Waals surface area contributed by atoms with Crippen LogP contribution >= 0.6 is 11.6 Å². The van der Waals surface area contributed by atoms with Gasteiger partial charge in [0.1, 0.15) is 17.4 Å². The highest BCUT2D eigenvalue weighted by Crippen LogP contribution is 2.28. The molecule has 27 heavy (non-hydrogen) atoms. The smallest absolute Gasteiger partial charge is 0.218 e. The molecule has 7 heteroatoms. The predicted molar refractivity (Wildman–Crippen MR) is 106 cm³/mol. The summed E-state index contributed by atoms with van der Waals surface area (Å²) in [5, 5.41) is 1.46. The Kier molecular flexibility index (Phi) is 5.04. The van der Waals surface area contributed by atoms with E-state index in [2.05, 4.69) is 4.98 Å². The van der Waals surface area contributed by atoms with Crippen molar-refractivity contribution in [1.29, 1.82) is 0 Å². The van der Waals surface area contributed by atoms with Crippen LogP contribution in [0, 0.1) is 0 Å². The third-order valence-electron chi connectivity index (χ3n) is 4.69. The molecule has 0 N–H and O–H groups in total. The molecule has 140 valence electrons. The lowest BCUT2D eigenvalue weighted by molar-refractivity contribution is 0.218. The van der Waals surface area contributed by atoms with Gasteiger partial charge in [-0.05, 0) is 30.2 Å². The number of halogens is 1. The van der Waals surface area contributed by atoms with Gasteiger partial charge in [-0.25, -0.2) is 8.42 Å². The summed E-state index contributed by atoms with van der Waals surface area (Å²) in [6, 6.07) is 16.6. The topological polar surface area (TPSA) is 59.5 Å². The Balaban J connectivity index is 1.47. The van der Waals surface area contributed by atoms with Crippen molar-refractivity contribution in [2.75, 3.05) is 13.1 Å². The lowest BCUT2D eigenvalue weighted by Gasteiger charge is -2.18. The molecule has 1 aromatic heterocycles. The van der Waals surface area contributed by atoms with E-state index in [1.165, 1.54) is 4.31 Å². The lowest BCUT2D eigenvalue weighted by atomic mass is 10.2. The maximum Gasteiger partial charge on any atom is 0.218 e. The van der Waals surface area contributed by atoms with E-state index in [9.17, 15) is 8.42 Å². The van der Waals surface area contributed by atoms with Crippen LogP contribution in [0.15, 0.2) is 60.8 Å². The molecule has 0 spiro atoms. The second-order valence-corrected chi connectivity index (χ2v) is 8.94. The first-order valence-electron chi connectivity index (χ1n) is 8.74. The molecule has 0 aliphatic carbocycles. The molecule has 1 atom stereocenters. The molecule has 1 aliphatic heterocycles. The monoisotopic (exact) mass is 402 g/mol. The first-order chi connectivity index (χ1) is 13.0. The minimum Gasteiger partial charge on any atom is -0.487 e. The number of rotatable bonds is 5. The number of fused-ring (bicyclic) bond motifs is 1. The summed E-state index contributed by atoms with van der Waals surface area (Å²) < 4.78 is 33.1. The van der Waals surface area contributed by atoms with Crippen LogP contribution < -0.4 is 4.74 Å². The Hall–Kier alpha value is -2.15. The summed E-state index contributed by atoms with van der Waals surface area (Å²) in [7, 11) is -3.45. The van der Waals surface area contributed by atoms with Gasteiger partial charge in [0.05, 0.1) is 12.3 Å². The standard InChI is InChI=1S/C20H19ClN2O3S/c21-18-8-2-1-5-16(18)14-27(24,25)23-12-10-17(13-23)26-19-9-3-6-15-7-4-11-22-20(15)19/h1-9,11,17H,10,12-14H2. The van der Waals surface area contributed by atoms with Crippen molar-refractivity contribution in [1.82, 2.24) is 9.29 Å². The summed E-state index contributed by atoms with van der Waals surface area (Å²) in [6.07, 6.45) is 2.17. The van der Waals surface area contributed by atoms with Gasteiger partial charge in [0.15, 0.2) is 0 Å². The van der Waals surface area contributed by atoms with E-state index in [0.29, 0.717) is 35.8 Å². The van der Waals surface area contributed by atoms with Crippen molar-refractivity contribution in [3.63, 3.8) is 0 Å². The SMILES string of the molecule is O=S(=O)(Cc1ccccc1Cl)N1CCC(Oc2cccc3cccnc23)C1. The third kappa shape index (κ3) is 3.93. The molecular formula is C20H19ClN2O3S. The fourth-order valence-electron chi connectivity index (χ4n) is 3.30. The molecular weight excluding hydrogens is 384 g/mol. The predicted octanol–water partition coefficient (Wildman–Crippen LogP) is 3.87. The molecule has 0 radical (unpaired) electrons. The molecule has 0 saturated carbocycles. The molecule has 0 bridgehead atoms. The first-order valence-corrected chi connectivity index (χ1v) is 10.7. The summed E-state index contributed by atoms with van der Waals surface area (Å²) in [4.78, 5) is 4.39. The first kappa shape index (κ1) is 18.2. The van der Waals surface area contributed by atoms with Crippen LogP contribution in [0.25, 0.3) is 10.9 Å².